The van der Waals surface area contributed by atoms with Crippen LogP contribution in [0, 0.1) is 33.5 Å². The van der Waals surface area contributed by atoms with Gasteiger partial charge in [-0.3, -0.25) is 9.69 Å². The number of carbonyl (C=O) groups is 1. The summed E-state index contributed by atoms with van der Waals surface area (Å²) in [5.74, 6) is -0.591. The van der Waals surface area contributed by atoms with E-state index in [1.54, 1.807) is 0 Å². The minimum atomic E-state index is -4.59. The van der Waals surface area contributed by atoms with Crippen LogP contribution in [-0.2, 0) is 12.7 Å². The van der Waals surface area contributed by atoms with Crippen LogP contribution < -0.4 is 0 Å². The fourth-order valence-electron chi connectivity index (χ4n) is 11.3. The lowest BCUT2D eigenvalue weighted by Crippen LogP contribution is -2.67. The minimum Gasteiger partial charge on any atom is -0.394 e. The molecule has 4 N–H and O–H groups in total. The number of hydrogen-bond acceptors (Lipinski definition) is 6. The normalized spacial score (nSPS) is 38.5. The molecule has 0 radical (unpaired) electrons. The van der Waals surface area contributed by atoms with Crippen LogP contribution in [-0.4, -0.2) is 68.6 Å². The molecule has 6 aliphatic carbocycles. The van der Waals surface area contributed by atoms with E-state index in [-0.39, 0.29) is 35.9 Å². The zero-order valence-electron chi connectivity index (χ0n) is 28.3. The lowest BCUT2D eigenvalue weighted by molar-refractivity contribution is -0.177. The highest BCUT2D eigenvalue weighted by Gasteiger charge is 2.74. The molecule has 9 unspecified atom stereocenters. The van der Waals surface area contributed by atoms with Crippen molar-refractivity contribution in [2.24, 2.45) is 33.5 Å². The van der Waals surface area contributed by atoms with Crippen molar-refractivity contribution < 1.29 is 38.4 Å². The summed E-state index contributed by atoms with van der Waals surface area (Å²) >= 11 is 0. The second-order valence-electron chi connectivity index (χ2n) is 16.2. The van der Waals surface area contributed by atoms with Crippen LogP contribution >= 0.6 is 0 Å². The van der Waals surface area contributed by atoms with E-state index in [1.165, 1.54) is 12.1 Å². The average Bonchev–Trinajstić information content (AvgIpc) is 3.34. The number of fused-ring (bicyclic) bond motifs is 1. The van der Waals surface area contributed by atoms with E-state index in [4.69, 9.17) is 0 Å². The molecule has 49 heavy (non-hydrogen) atoms. The maximum atomic E-state index is 14.7. The molecule has 2 aromatic carbocycles. The average molecular weight is 680 g/mol. The Morgan fingerprint density at radius 1 is 0.959 bits per heavy atom. The molecule has 0 heterocycles. The summed E-state index contributed by atoms with van der Waals surface area (Å²) in [5, 5.41) is 44.0. The Bertz CT molecular complexity index is 1660. The number of halogens is 3. The van der Waals surface area contributed by atoms with E-state index in [0.717, 1.165) is 30.5 Å². The molecule has 0 aliphatic heterocycles. The van der Waals surface area contributed by atoms with Gasteiger partial charge < -0.3 is 20.4 Å². The van der Waals surface area contributed by atoms with Crippen molar-refractivity contribution in [3.05, 3.63) is 95.1 Å². The zero-order chi connectivity index (χ0) is 35.0. The van der Waals surface area contributed by atoms with Gasteiger partial charge in [-0.1, -0.05) is 74.5 Å². The molecular formula is C40H48F3NO5. The van der Waals surface area contributed by atoms with Crippen molar-refractivity contribution in [3.8, 4) is 0 Å². The third-order valence-corrected chi connectivity index (χ3v) is 13.8. The number of rotatable bonds is 9. The molecule has 3 saturated carbocycles. The number of nitrogens with zero attached hydrogens (tertiary/aromatic N) is 1. The highest BCUT2D eigenvalue weighted by atomic mass is 19.4. The van der Waals surface area contributed by atoms with Gasteiger partial charge in [0.1, 0.15) is 0 Å². The molecule has 264 valence electrons. The number of ketones is 1. The summed E-state index contributed by atoms with van der Waals surface area (Å²) in [6.45, 7) is 4.87. The largest absolute Gasteiger partial charge is 0.416 e. The van der Waals surface area contributed by atoms with Gasteiger partial charge >= 0.3 is 6.18 Å². The molecule has 8 rings (SSSR count). The Labute approximate surface area is 286 Å². The van der Waals surface area contributed by atoms with E-state index in [9.17, 15) is 38.4 Å². The summed E-state index contributed by atoms with van der Waals surface area (Å²) in [4.78, 5) is 16.7. The van der Waals surface area contributed by atoms with Gasteiger partial charge in [-0.15, -0.1) is 0 Å². The number of allylic oxidation sites excluding steroid dienone is 4. The highest BCUT2D eigenvalue weighted by molar-refractivity contribution is 6.10. The smallest absolute Gasteiger partial charge is 0.394 e. The predicted octanol–water partition coefficient (Wildman–Crippen LogP) is 6.33. The zero-order valence-corrected chi connectivity index (χ0v) is 28.3. The summed E-state index contributed by atoms with van der Waals surface area (Å²) < 4.78 is 41.5. The first-order valence-corrected chi connectivity index (χ1v) is 17.7. The molecule has 0 amide bonds. The van der Waals surface area contributed by atoms with Crippen LogP contribution in [0.4, 0.5) is 13.2 Å². The third kappa shape index (κ3) is 5.21. The number of aliphatic hydroxyl groups is 4. The Balaban J connectivity index is 1.31. The molecule has 9 heteroatoms. The Morgan fingerprint density at radius 2 is 1.65 bits per heavy atom. The lowest BCUT2D eigenvalue weighted by Gasteiger charge is -2.71. The van der Waals surface area contributed by atoms with Crippen molar-refractivity contribution >= 4 is 5.78 Å². The van der Waals surface area contributed by atoms with Gasteiger partial charge in [0.05, 0.1) is 30.0 Å². The van der Waals surface area contributed by atoms with Crippen LogP contribution in [0.2, 0.25) is 0 Å². The van der Waals surface area contributed by atoms with Gasteiger partial charge in [-0.05, 0) is 79.9 Å². The minimum absolute atomic E-state index is 0.00262. The summed E-state index contributed by atoms with van der Waals surface area (Å²) in [5.41, 5.74) is -2.90. The maximum Gasteiger partial charge on any atom is 0.416 e. The number of aliphatic hydroxyl groups excluding tert-OH is 3. The summed E-state index contributed by atoms with van der Waals surface area (Å²) in [6, 6.07) is 14.5. The number of carbonyl (C=O) groups excluding carboxylic acids is 1. The molecule has 6 aliphatic rings. The molecule has 2 aromatic rings. The number of benzene rings is 2. The number of hydrogen-bond donors (Lipinski definition) is 4. The van der Waals surface area contributed by atoms with Crippen LogP contribution in [0.25, 0.3) is 0 Å². The fraction of sp³-hybridized carbons (Fsp3) is 0.575. The van der Waals surface area contributed by atoms with Crippen LogP contribution in [0.3, 0.4) is 0 Å². The van der Waals surface area contributed by atoms with Crippen molar-refractivity contribution in [2.75, 3.05) is 19.7 Å². The maximum absolute atomic E-state index is 14.7. The van der Waals surface area contributed by atoms with E-state index in [0.29, 0.717) is 44.2 Å². The molecule has 6 nitrogen and oxygen atoms in total. The molecule has 2 spiro atoms. The van der Waals surface area contributed by atoms with Gasteiger partial charge in [0, 0.05) is 47.0 Å². The monoisotopic (exact) mass is 679 g/mol. The standard InChI is InChI=1S/C40H48F3NO5/c1-35-14-11-29(46)20-37(35)17-18-39(31(21-37)34(48)27-9-6-10-28(19-27)40(41,42)43)32(35)12-15-36(2)33(39)13-16-38(36,49)25-44(23-30(47)24-45)22-26-7-4-3-5-8-26/h3-10,17-19,21,29-30,32-33,45-47,49H,11-16,20,22-25H2,1-2H3. The first-order valence-electron chi connectivity index (χ1n) is 17.7. The topological polar surface area (TPSA) is 101 Å². The number of alkyl halides is 3. The molecule has 0 aromatic heterocycles. The highest BCUT2D eigenvalue weighted by Crippen LogP contribution is 2.78. The Hall–Kier alpha value is -2.82. The molecule has 2 bridgehead atoms. The summed E-state index contributed by atoms with van der Waals surface area (Å²) in [6.07, 6.45) is 4.60. The van der Waals surface area contributed by atoms with Gasteiger partial charge in [-0.25, -0.2) is 0 Å². The first-order chi connectivity index (χ1) is 23.1. The molecule has 9 atom stereocenters. The number of Topliss-reactive ketones (excluding diaryl/α,β-unsaturated/α-hetero) is 1. The quantitative estimate of drug-likeness (QED) is 0.183. The van der Waals surface area contributed by atoms with E-state index in [2.05, 4.69) is 26.0 Å². The Kier molecular flexibility index (Phi) is 8.39. The van der Waals surface area contributed by atoms with Gasteiger partial charge in [0.2, 0.25) is 0 Å². The van der Waals surface area contributed by atoms with Gasteiger partial charge in [0.25, 0.3) is 0 Å². The molecule has 3 fully saturated rings. The van der Waals surface area contributed by atoms with Crippen molar-refractivity contribution in [3.63, 3.8) is 0 Å². The summed E-state index contributed by atoms with van der Waals surface area (Å²) in [7, 11) is 0. The van der Waals surface area contributed by atoms with Crippen LogP contribution in [0.15, 0.2) is 78.4 Å². The van der Waals surface area contributed by atoms with E-state index in [1.807, 2.05) is 41.3 Å². The van der Waals surface area contributed by atoms with Crippen LogP contribution in [0.1, 0.15) is 80.3 Å². The SMILES string of the molecule is CC12CCC(O)CC13C=CC1(C(C(=O)c4cccc(C(F)(F)F)c4)=C3)C2CCC2(C)C1CCC2(O)CN(Cc1ccccc1)CC(O)CO. The molecular weight excluding hydrogens is 631 g/mol. The third-order valence-electron chi connectivity index (χ3n) is 13.8. The van der Waals surface area contributed by atoms with Crippen molar-refractivity contribution in [1.29, 1.82) is 0 Å². The second kappa shape index (κ2) is 11.9. The van der Waals surface area contributed by atoms with E-state index >= 15 is 0 Å². The predicted molar refractivity (Wildman–Crippen MR) is 179 cm³/mol. The lowest BCUT2D eigenvalue weighted by atomic mass is 9.32. The molecule has 0 saturated heterocycles. The van der Waals surface area contributed by atoms with Crippen molar-refractivity contribution in [2.45, 2.75) is 89.3 Å². The second-order valence-corrected chi connectivity index (χ2v) is 16.2. The fourth-order valence-corrected chi connectivity index (χ4v) is 11.3. The first kappa shape index (κ1) is 34.6. The van der Waals surface area contributed by atoms with Crippen LogP contribution in [0.5, 0.6) is 0 Å². The van der Waals surface area contributed by atoms with Crippen molar-refractivity contribution in [1.82, 2.24) is 4.90 Å². The van der Waals surface area contributed by atoms with Gasteiger partial charge in [-0.2, -0.15) is 13.2 Å². The van der Waals surface area contributed by atoms with Gasteiger partial charge in [0.15, 0.2) is 5.78 Å². The Morgan fingerprint density at radius 3 is 2.37 bits per heavy atom. The van der Waals surface area contributed by atoms with E-state index < -0.39 is 58.2 Å².